The molecule has 0 bridgehead atoms. The summed E-state index contributed by atoms with van der Waals surface area (Å²) in [6.45, 7) is 0. The van der Waals surface area contributed by atoms with Crippen LogP contribution in [-0.4, -0.2) is 46.8 Å². The molecule has 8 heteroatoms. The van der Waals surface area contributed by atoms with E-state index in [-0.39, 0.29) is 29.7 Å². The molecule has 1 aromatic carbocycles. The fourth-order valence-electron chi connectivity index (χ4n) is 2.29. The summed E-state index contributed by atoms with van der Waals surface area (Å²) in [5.74, 6) is -3.08. The summed E-state index contributed by atoms with van der Waals surface area (Å²) in [4.78, 5) is 48.0. The average molecular weight is 306 g/mol. The van der Waals surface area contributed by atoms with Gasteiger partial charge in [-0.15, -0.1) is 0 Å². The first-order chi connectivity index (χ1) is 10.4. The number of carbonyl (C=O) groups excluding carboxylic acids is 4. The van der Waals surface area contributed by atoms with Crippen molar-refractivity contribution in [2.45, 2.75) is 18.9 Å². The van der Waals surface area contributed by atoms with Gasteiger partial charge in [-0.25, -0.2) is 0 Å². The highest BCUT2D eigenvalue weighted by Gasteiger charge is 2.42. The molecule has 0 aromatic heterocycles. The Morgan fingerprint density at radius 3 is 2.50 bits per heavy atom. The smallest absolute Gasteiger partial charge is 0.305 e. The Labute approximate surface area is 125 Å². The molecular formula is C14H14N2O6. The zero-order valence-corrected chi connectivity index (χ0v) is 11.7. The van der Waals surface area contributed by atoms with Crippen molar-refractivity contribution in [2.75, 3.05) is 7.11 Å². The highest BCUT2D eigenvalue weighted by molar-refractivity contribution is 6.23. The molecule has 3 N–H and O–H groups in total. The number of fused-ring (bicyclic) bond motifs is 1. The van der Waals surface area contributed by atoms with E-state index < -0.39 is 29.7 Å². The quantitative estimate of drug-likeness (QED) is 0.572. The Balaban J connectivity index is 2.30. The van der Waals surface area contributed by atoms with Gasteiger partial charge in [0.15, 0.2) is 0 Å². The monoisotopic (exact) mass is 306 g/mol. The topological polar surface area (TPSA) is 127 Å². The number of phenols is 1. The summed E-state index contributed by atoms with van der Waals surface area (Å²) in [5, 5.41) is 9.41. The predicted octanol–water partition coefficient (Wildman–Crippen LogP) is -0.205. The van der Waals surface area contributed by atoms with E-state index in [2.05, 4.69) is 4.74 Å². The first-order valence-electron chi connectivity index (χ1n) is 6.44. The number of primary amides is 1. The minimum atomic E-state index is -1.26. The summed E-state index contributed by atoms with van der Waals surface area (Å²) >= 11 is 0. The number of hydrogen-bond acceptors (Lipinski definition) is 6. The van der Waals surface area contributed by atoms with Crippen molar-refractivity contribution in [3.05, 3.63) is 29.3 Å². The first kappa shape index (κ1) is 15.5. The Hall–Kier alpha value is -2.90. The van der Waals surface area contributed by atoms with Gasteiger partial charge in [-0.2, -0.15) is 0 Å². The number of benzene rings is 1. The third kappa shape index (κ3) is 2.62. The summed E-state index contributed by atoms with van der Waals surface area (Å²) in [6.07, 6.45) is -0.289. The highest BCUT2D eigenvalue weighted by atomic mass is 16.5. The summed E-state index contributed by atoms with van der Waals surface area (Å²) < 4.78 is 4.46. The van der Waals surface area contributed by atoms with Crippen LogP contribution in [0.25, 0.3) is 0 Å². The van der Waals surface area contributed by atoms with Crippen LogP contribution in [0.15, 0.2) is 18.2 Å². The highest BCUT2D eigenvalue weighted by Crippen LogP contribution is 2.28. The number of amides is 3. The maximum absolute atomic E-state index is 12.3. The van der Waals surface area contributed by atoms with E-state index in [9.17, 15) is 24.3 Å². The number of carbonyl (C=O) groups is 4. The van der Waals surface area contributed by atoms with Crippen molar-refractivity contribution in [1.82, 2.24) is 4.90 Å². The number of nitrogens with two attached hydrogens (primary N) is 1. The van der Waals surface area contributed by atoms with E-state index >= 15 is 0 Å². The minimum absolute atomic E-state index is 0.00526. The molecule has 2 rings (SSSR count). The number of methoxy groups -OCH3 is 1. The van der Waals surface area contributed by atoms with Gasteiger partial charge >= 0.3 is 5.97 Å². The van der Waals surface area contributed by atoms with Gasteiger partial charge in [0.25, 0.3) is 11.8 Å². The van der Waals surface area contributed by atoms with Crippen molar-refractivity contribution < 1.29 is 29.0 Å². The fraction of sp³-hybridized carbons (Fsp3) is 0.286. The largest absolute Gasteiger partial charge is 0.508 e. The van der Waals surface area contributed by atoms with Crippen molar-refractivity contribution >= 4 is 23.7 Å². The SMILES string of the molecule is COC(=O)CCC(C(N)=O)N1C(=O)c2ccc(O)cc2C1=O. The lowest BCUT2D eigenvalue weighted by Gasteiger charge is -2.22. The van der Waals surface area contributed by atoms with Crippen LogP contribution in [0.1, 0.15) is 33.6 Å². The van der Waals surface area contributed by atoms with E-state index in [4.69, 9.17) is 5.73 Å². The zero-order valence-electron chi connectivity index (χ0n) is 11.7. The maximum Gasteiger partial charge on any atom is 0.305 e. The Morgan fingerprint density at radius 1 is 1.27 bits per heavy atom. The maximum atomic E-state index is 12.3. The lowest BCUT2D eigenvalue weighted by Crippen LogP contribution is -2.48. The summed E-state index contributed by atoms with van der Waals surface area (Å²) in [6, 6.07) is 2.45. The fourth-order valence-corrected chi connectivity index (χ4v) is 2.29. The number of imide groups is 1. The number of phenolic OH excluding ortho intramolecular Hbond substituents is 1. The molecule has 0 saturated heterocycles. The number of aromatic hydroxyl groups is 1. The number of rotatable bonds is 5. The molecule has 0 radical (unpaired) electrons. The second kappa shape index (κ2) is 5.84. The van der Waals surface area contributed by atoms with Crippen LogP contribution in [0, 0.1) is 0 Å². The molecule has 8 nitrogen and oxygen atoms in total. The molecule has 22 heavy (non-hydrogen) atoms. The molecule has 1 aliphatic heterocycles. The lowest BCUT2D eigenvalue weighted by molar-refractivity contribution is -0.141. The molecule has 1 aromatic rings. The van der Waals surface area contributed by atoms with Crippen LogP contribution in [0.2, 0.25) is 0 Å². The Morgan fingerprint density at radius 2 is 1.91 bits per heavy atom. The van der Waals surface area contributed by atoms with Crippen LogP contribution < -0.4 is 5.73 Å². The number of ether oxygens (including phenoxy) is 1. The van der Waals surface area contributed by atoms with Gasteiger partial charge in [0, 0.05) is 6.42 Å². The van der Waals surface area contributed by atoms with Gasteiger partial charge in [-0.3, -0.25) is 24.1 Å². The lowest BCUT2D eigenvalue weighted by atomic mass is 10.1. The molecular weight excluding hydrogens is 292 g/mol. The molecule has 0 spiro atoms. The predicted molar refractivity (Wildman–Crippen MR) is 72.8 cm³/mol. The van der Waals surface area contributed by atoms with Crippen LogP contribution in [-0.2, 0) is 14.3 Å². The normalized spacial score (nSPS) is 14.7. The second-order valence-corrected chi connectivity index (χ2v) is 4.74. The number of nitrogens with zero attached hydrogens (tertiary/aromatic N) is 1. The standard InChI is InChI=1S/C14H14N2O6/c1-22-11(18)5-4-10(12(15)19)16-13(20)8-3-2-7(17)6-9(8)14(16)21/h2-3,6,10,17H,4-5H2,1H3,(H2,15,19). The van der Waals surface area contributed by atoms with Gasteiger partial charge in [0.05, 0.1) is 18.2 Å². The summed E-state index contributed by atoms with van der Waals surface area (Å²) in [5.41, 5.74) is 5.32. The van der Waals surface area contributed by atoms with Crippen molar-refractivity contribution in [2.24, 2.45) is 5.73 Å². The van der Waals surface area contributed by atoms with E-state index in [1.54, 1.807) is 0 Å². The first-order valence-corrected chi connectivity index (χ1v) is 6.44. The molecule has 0 aliphatic carbocycles. The van der Waals surface area contributed by atoms with Gasteiger partial charge in [0.1, 0.15) is 11.8 Å². The van der Waals surface area contributed by atoms with E-state index in [1.165, 1.54) is 19.2 Å². The molecule has 1 heterocycles. The number of hydrogen-bond donors (Lipinski definition) is 2. The molecule has 1 atom stereocenters. The zero-order chi connectivity index (χ0) is 16.4. The molecule has 3 amide bonds. The average Bonchev–Trinajstić information content (AvgIpc) is 2.71. The molecule has 116 valence electrons. The van der Waals surface area contributed by atoms with Crippen molar-refractivity contribution in [3.63, 3.8) is 0 Å². The minimum Gasteiger partial charge on any atom is -0.508 e. The van der Waals surface area contributed by atoms with Gasteiger partial charge in [-0.1, -0.05) is 0 Å². The van der Waals surface area contributed by atoms with E-state index in [1.807, 2.05) is 0 Å². The Kier molecular flexibility index (Phi) is 4.11. The van der Waals surface area contributed by atoms with Gasteiger partial charge in [-0.05, 0) is 24.6 Å². The molecule has 0 saturated carbocycles. The van der Waals surface area contributed by atoms with E-state index in [0.717, 1.165) is 11.0 Å². The number of esters is 1. The Bertz CT molecular complexity index is 669. The van der Waals surface area contributed by atoms with Gasteiger partial charge in [0.2, 0.25) is 5.91 Å². The molecule has 1 unspecified atom stereocenters. The third-order valence-corrected chi connectivity index (χ3v) is 3.39. The third-order valence-electron chi connectivity index (χ3n) is 3.39. The van der Waals surface area contributed by atoms with Crippen molar-refractivity contribution in [3.8, 4) is 5.75 Å². The molecule has 1 aliphatic rings. The summed E-state index contributed by atoms with van der Waals surface area (Å²) in [7, 11) is 1.19. The van der Waals surface area contributed by atoms with E-state index in [0.29, 0.717) is 0 Å². The molecule has 0 fully saturated rings. The van der Waals surface area contributed by atoms with Crippen molar-refractivity contribution in [1.29, 1.82) is 0 Å². The van der Waals surface area contributed by atoms with Crippen LogP contribution in [0.5, 0.6) is 5.75 Å². The van der Waals surface area contributed by atoms with Crippen LogP contribution in [0.3, 0.4) is 0 Å². The van der Waals surface area contributed by atoms with Crippen LogP contribution in [0.4, 0.5) is 0 Å². The van der Waals surface area contributed by atoms with Crippen LogP contribution >= 0.6 is 0 Å². The van der Waals surface area contributed by atoms with Gasteiger partial charge < -0.3 is 15.6 Å². The second-order valence-electron chi connectivity index (χ2n) is 4.74.